The van der Waals surface area contributed by atoms with E-state index in [1.807, 2.05) is 43.9 Å². The topological polar surface area (TPSA) is 84.2 Å². The van der Waals surface area contributed by atoms with Crippen LogP contribution in [-0.2, 0) is 14.3 Å². The van der Waals surface area contributed by atoms with E-state index >= 15 is 0 Å². The van der Waals surface area contributed by atoms with Gasteiger partial charge in [-0.05, 0) is 68.8 Å². The molecule has 0 spiro atoms. The minimum atomic E-state index is -3.80. The highest BCUT2D eigenvalue weighted by Crippen LogP contribution is 2.35. The summed E-state index contributed by atoms with van der Waals surface area (Å²) in [7, 11) is -3.80. The lowest BCUT2D eigenvalue weighted by Gasteiger charge is -2.23. The number of hydrogen-bond donors (Lipinski definition) is 0. The van der Waals surface area contributed by atoms with Crippen LogP contribution in [0.1, 0.15) is 18.1 Å². The SMILES string of the molecule is CCN(CCOS(=O)(=O)c1ccc(C)cc1)c1ccc(/N=N/c2nc3cc(Cl)c(Cl)cc3s2)c(C)c1. The Morgan fingerprint density at radius 3 is 2.42 bits per heavy atom. The monoisotopic (exact) mass is 562 g/mol. The molecular formula is C25H24Cl2N4O3S2. The molecule has 0 unspecified atom stereocenters. The molecule has 36 heavy (non-hydrogen) atoms. The van der Waals surface area contributed by atoms with Crippen LogP contribution in [0.5, 0.6) is 0 Å². The molecular weight excluding hydrogens is 539 g/mol. The normalized spacial score (nSPS) is 12.0. The van der Waals surface area contributed by atoms with E-state index < -0.39 is 10.1 Å². The van der Waals surface area contributed by atoms with Crippen LogP contribution < -0.4 is 4.90 Å². The lowest BCUT2D eigenvalue weighted by molar-refractivity contribution is 0.324. The molecule has 1 heterocycles. The summed E-state index contributed by atoms with van der Waals surface area (Å²) in [6.45, 7) is 6.99. The molecule has 0 aliphatic rings. The van der Waals surface area contributed by atoms with E-state index in [9.17, 15) is 8.42 Å². The Kier molecular flexibility index (Phi) is 8.27. The number of rotatable bonds is 9. The second kappa shape index (κ2) is 11.2. The van der Waals surface area contributed by atoms with Gasteiger partial charge in [-0.15, -0.1) is 10.2 Å². The van der Waals surface area contributed by atoms with Crippen molar-refractivity contribution in [3.63, 3.8) is 0 Å². The fourth-order valence-corrected chi connectivity index (χ4v) is 5.59. The van der Waals surface area contributed by atoms with Gasteiger partial charge in [-0.1, -0.05) is 52.2 Å². The molecule has 0 radical (unpaired) electrons. The maximum atomic E-state index is 12.4. The molecule has 3 aromatic carbocycles. The number of fused-ring (bicyclic) bond motifs is 1. The molecule has 0 amide bonds. The predicted molar refractivity (Wildman–Crippen MR) is 147 cm³/mol. The van der Waals surface area contributed by atoms with Gasteiger partial charge in [0.2, 0.25) is 5.13 Å². The molecule has 0 N–H and O–H groups in total. The molecule has 0 saturated carbocycles. The second-order valence-electron chi connectivity index (χ2n) is 8.07. The van der Waals surface area contributed by atoms with Gasteiger partial charge in [0.25, 0.3) is 10.1 Å². The summed E-state index contributed by atoms with van der Waals surface area (Å²) in [6.07, 6.45) is 0. The molecule has 0 aliphatic carbocycles. The van der Waals surface area contributed by atoms with Gasteiger partial charge >= 0.3 is 0 Å². The van der Waals surface area contributed by atoms with Gasteiger partial charge < -0.3 is 4.90 Å². The van der Waals surface area contributed by atoms with E-state index in [-0.39, 0.29) is 11.5 Å². The number of nitrogens with zero attached hydrogens (tertiary/aromatic N) is 4. The fraction of sp³-hybridized carbons (Fsp3) is 0.240. The van der Waals surface area contributed by atoms with Crippen LogP contribution in [0.2, 0.25) is 10.0 Å². The van der Waals surface area contributed by atoms with Crippen molar-refractivity contribution in [2.45, 2.75) is 25.7 Å². The third-order valence-electron chi connectivity index (χ3n) is 5.50. The summed E-state index contributed by atoms with van der Waals surface area (Å²) in [6, 6.07) is 15.9. The number of thiazole rings is 1. The second-order valence-corrected chi connectivity index (χ2v) is 11.5. The lowest BCUT2D eigenvalue weighted by Crippen LogP contribution is -2.28. The molecule has 11 heteroatoms. The quantitative estimate of drug-likeness (QED) is 0.153. The average Bonchev–Trinajstić information content (AvgIpc) is 3.23. The van der Waals surface area contributed by atoms with Crippen LogP contribution in [0, 0.1) is 13.8 Å². The first-order valence-corrected chi connectivity index (χ1v) is 14.1. The summed E-state index contributed by atoms with van der Waals surface area (Å²) in [5.74, 6) is 0. The number of anilines is 1. The minimum absolute atomic E-state index is 0.0379. The highest BCUT2D eigenvalue weighted by Gasteiger charge is 2.16. The van der Waals surface area contributed by atoms with Crippen LogP contribution in [0.25, 0.3) is 10.2 Å². The first-order chi connectivity index (χ1) is 17.2. The van der Waals surface area contributed by atoms with Gasteiger partial charge in [-0.25, -0.2) is 4.98 Å². The summed E-state index contributed by atoms with van der Waals surface area (Å²) in [4.78, 5) is 6.64. The van der Waals surface area contributed by atoms with Crippen molar-refractivity contribution in [3.05, 3.63) is 75.8 Å². The van der Waals surface area contributed by atoms with Crippen LogP contribution >= 0.6 is 34.5 Å². The first kappa shape index (κ1) is 26.5. The number of aryl methyl sites for hydroxylation is 2. The van der Waals surface area contributed by atoms with E-state index in [1.165, 1.54) is 11.3 Å². The Balaban J connectivity index is 1.42. The van der Waals surface area contributed by atoms with Crippen molar-refractivity contribution in [1.29, 1.82) is 0 Å². The summed E-state index contributed by atoms with van der Waals surface area (Å²) in [5.41, 5.74) is 4.29. The number of benzene rings is 3. The van der Waals surface area contributed by atoms with Gasteiger partial charge in [0.1, 0.15) is 0 Å². The van der Waals surface area contributed by atoms with Crippen LogP contribution in [-0.4, -0.2) is 33.1 Å². The molecule has 0 bridgehead atoms. The van der Waals surface area contributed by atoms with Gasteiger partial charge in [-0.2, -0.15) is 8.42 Å². The molecule has 4 rings (SSSR count). The molecule has 0 fully saturated rings. The van der Waals surface area contributed by atoms with Crippen LogP contribution in [0.4, 0.5) is 16.5 Å². The molecule has 4 aromatic rings. The third kappa shape index (κ3) is 6.22. The Morgan fingerprint density at radius 2 is 1.72 bits per heavy atom. The van der Waals surface area contributed by atoms with Crippen LogP contribution in [0.3, 0.4) is 0 Å². The van der Waals surface area contributed by atoms with Gasteiger partial charge in [0.05, 0.1) is 37.5 Å². The number of halogens is 2. The van der Waals surface area contributed by atoms with Crippen molar-refractivity contribution in [2.75, 3.05) is 24.6 Å². The van der Waals surface area contributed by atoms with Crippen molar-refractivity contribution in [2.24, 2.45) is 10.2 Å². The largest absolute Gasteiger partial charge is 0.369 e. The standard InChI is InChI=1S/C25H24Cl2N4O3S2/c1-4-31(11-12-34-36(32,33)19-8-5-16(2)6-9-19)18-7-10-22(17(3)13-18)29-30-25-28-23-14-20(26)21(27)15-24(23)35-25/h5-10,13-15H,4,11-12H2,1-3H3/b30-29+. The predicted octanol–water partition coefficient (Wildman–Crippen LogP) is 7.87. The van der Waals surface area contributed by atoms with Crippen molar-refractivity contribution in [1.82, 2.24) is 4.98 Å². The number of azo groups is 1. The first-order valence-electron chi connectivity index (χ1n) is 11.2. The highest BCUT2D eigenvalue weighted by atomic mass is 35.5. The Hall–Kier alpha value is -2.56. The summed E-state index contributed by atoms with van der Waals surface area (Å²) >= 11 is 13.5. The van der Waals surface area contributed by atoms with E-state index in [0.717, 1.165) is 27.0 Å². The maximum absolute atomic E-state index is 12.4. The summed E-state index contributed by atoms with van der Waals surface area (Å²) < 4.78 is 31.0. The minimum Gasteiger partial charge on any atom is -0.369 e. The maximum Gasteiger partial charge on any atom is 0.297 e. The van der Waals surface area contributed by atoms with Gasteiger partial charge in [0, 0.05) is 18.8 Å². The number of likely N-dealkylation sites (N-methyl/N-ethyl adjacent to an activating group) is 1. The zero-order chi connectivity index (χ0) is 25.9. The lowest BCUT2D eigenvalue weighted by atomic mass is 10.1. The van der Waals surface area contributed by atoms with E-state index in [2.05, 4.69) is 15.2 Å². The molecule has 0 atom stereocenters. The van der Waals surface area contributed by atoms with Crippen LogP contribution in [0.15, 0.2) is 69.7 Å². The number of hydrogen-bond acceptors (Lipinski definition) is 8. The number of aromatic nitrogens is 1. The van der Waals surface area contributed by atoms with E-state index in [1.54, 1.807) is 36.4 Å². The third-order valence-corrected chi connectivity index (χ3v) is 8.45. The Labute approximate surface area is 224 Å². The Bertz CT molecular complexity index is 1480. The van der Waals surface area contributed by atoms with Gasteiger partial charge in [-0.3, -0.25) is 4.18 Å². The zero-order valence-corrected chi connectivity index (χ0v) is 23.0. The highest BCUT2D eigenvalue weighted by molar-refractivity contribution is 7.86. The van der Waals surface area contributed by atoms with Gasteiger partial charge in [0.15, 0.2) is 0 Å². The average molecular weight is 564 g/mol. The van der Waals surface area contributed by atoms with E-state index in [4.69, 9.17) is 27.4 Å². The van der Waals surface area contributed by atoms with Crippen molar-refractivity contribution >= 4 is 71.4 Å². The van der Waals surface area contributed by atoms with Crippen molar-refractivity contribution in [3.8, 4) is 0 Å². The molecule has 188 valence electrons. The zero-order valence-electron chi connectivity index (χ0n) is 19.9. The smallest absolute Gasteiger partial charge is 0.297 e. The van der Waals surface area contributed by atoms with E-state index in [0.29, 0.717) is 34.0 Å². The molecule has 1 aromatic heterocycles. The molecule has 0 saturated heterocycles. The summed E-state index contributed by atoms with van der Waals surface area (Å²) in [5, 5.41) is 10.1. The molecule has 7 nitrogen and oxygen atoms in total. The van der Waals surface area contributed by atoms with Crippen molar-refractivity contribution < 1.29 is 12.6 Å². The Morgan fingerprint density at radius 1 is 1.00 bits per heavy atom. The fourth-order valence-electron chi connectivity index (χ4n) is 3.50. The molecule has 0 aliphatic heterocycles.